The first-order valence-electron chi connectivity index (χ1n) is 7.68. The molecular weight excluding hydrogens is 293 g/mol. The maximum Gasteiger partial charge on any atom is 0.227 e. The van der Waals surface area contributed by atoms with Crippen LogP contribution in [0, 0.1) is 5.82 Å². The zero-order chi connectivity index (χ0) is 15.8. The molecule has 0 spiro atoms. The molecule has 0 fully saturated rings. The van der Waals surface area contributed by atoms with Crippen LogP contribution in [-0.2, 0) is 24.2 Å². The summed E-state index contributed by atoms with van der Waals surface area (Å²) in [5.74, 6) is -0.220. The molecule has 116 valence electrons. The third kappa shape index (κ3) is 2.59. The number of amides is 1. The lowest BCUT2D eigenvalue weighted by molar-refractivity contribution is -0.131. The number of carbonyl (C=O) groups is 1. The number of fused-ring (bicyclic) bond motifs is 3. The monoisotopic (exact) mass is 309 g/mol. The standard InChI is InChI=1S/C18H16FN3O/c19-14-6-4-13(5-7-14)11-18(23)21-10-8-15-16(12-21)22-9-2-1-3-17(22)20-15/h1-7,9H,8,10-12H2. The van der Waals surface area contributed by atoms with Gasteiger partial charge in [0.2, 0.25) is 5.91 Å². The van der Waals surface area contributed by atoms with Crippen molar-refractivity contribution < 1.29 is 9.18 Å². The number of imidazole rings is 1. The van der Waals surface area contributed by atoms with E-state index in [4.69, 9.17) is 0 Å². The fourth-order valence-corrected chi connectivity index (χ4v) is 3.07. The number of nitrogens with zero attached hydrogens (tertiary/aromatic N) is 3. The van der Waals surface area contributed by atoms with Crippen molar-refractivity contribution in [3.05, 3.63) is 71.4 Å². The lowest BCUT2D eigenvalue weighted by atomic mass is 10.1. The smallest absolute Gasteiger partial charge is 0.227 e. The highest BCUT2D eigenvalue weighted by molar-refractivity contribution is 5.79. The van der Waals surface area contributed by atoms with Crippen LogP contribution in [0.2, 0.25) is 0 Å². The van der Waals surface area contributed by atoms with Crippen molar-refractivity contribution in [3.63, 3.8) is 0 Å². The predicted molar refractivity (Wildman–Crippen MR) is 84.4 cm³/mol. The quantitative estimate of drug-likeness (QED) is 0.730. The van der Waals surface area contributed by atoms with E-state index in [9.17, 15) is 9.18 Å². The fraction of sp³-hybridized carbons (Fsp3) is 0.222. The Kier molecular flexibility index (Phi) is 3.33. The number of carbonyl (C=O) groups excluding carboxylic acids is 1. The van der Waals surface area contributed by atoms with E-state index in [1.807, 2.05) is 33.7 Å². The summed E-state index contributed by atoms with van der Waals surface area (Å²) in [6.45, 7) is 1.25. The summed E-state index contributed by atoms with van der Waals surface area (Å²) in [6.07, 6.45) is 3.05. The van der Waals surface area contributed by atoms with E-state index in [2.05, 4.69) is 4.98 Å². The lowest BCUT2D eigenvalue weighted by Gasteiger charge is -2.27. The summed E-state index contributed by atoms with van der Waals surface area (Å²) in [5, 5.41) is 0. The minimum absolute atomic E-state index is 0.0631. The van der Waals surface area contributed by atoms with Crippen LogP contribution in [0.15, 0.2) is 48.7 Å². The molecule has 0 N–H and O–H groups in total. The van der Waals surface area contributed by atoms with Gasteiger partial charge in [-0.2, -0.15) is 0 Å². The molecule has 3 heterocycles. The number of hydrogen-bond donors (Lipinski definition) is 0. The molecule has 3 aromatic rings. The first-order valence-corrected chi connectivity index (χ1v) is 7.68. The minimum Gasteiger partial charge on any atom is -0.336 e. The largest absolute Gasteiger partial charge is 0.336 e. The van der Waals surface area contributed by atoms with Crippen molar-refractivity contribution in [2.24, 2.45) is 0 Å². The molecule has 4 rings (SSSR count). The number of pyridine rings is 1. The molecule has 0 saturated carbocycles. The van der Waals surface area contributed by atoms with Gasteiger partial charge in [-0.25, -0.2) is 9.37 Å². The molecule has 0 aliphatic carbocycles. The number of benzene rings is 1. The average Bonchev–Trinajstić information content (AvgIpc) is 2.94. The maximum atomic E-state index is 13.0. The SMILES string of the molecule is O=C(Cc1ccc(F)cc1)N1CCc2nc3ccccn3c2C1. The molecule has 1 amide bonds. The Labute approximate surface area is 133 Å². The third-order valence-electron chi connectivity index (χ3n) is 4.29. The van der Waals surface area contributed by atoms with Crippen molar-refractivity contribution in [2.45, 2.75) is 19.4 Å². The van der Waals surface area contributed by atoms with Crippen LogP contribution in [0.1, 0.15) is 17.0 Å². The van der Waals surface area contributed by atoms with E-state index in [1.54, 1.807) is 12.1 Å². The molecule has 0 bridgehead atoms. The summed E-state index contributed by atoms with van der Waals surface area (Å²) >= 11 is 0. The van der Waals surface area contributed by atoms with E-state index in [1.165, 1.54) is 12.1 Å². The molecule has 0 unspecified atom stereocenters. The fourth-order valence-electron chi connectivity index (χ4n) is 3.07. The van der Waals surface area contributed by atoms with Crippen LogP contribution < -0.4 is 0 Å². The Morgan fingerprint density at radius 1 is 1.17 bits per heavy atom. The first-order chi connectivity index (χ1) is 11.2. The predicted octanol–water partition coefficient (Wildman–Crippen LogP) is 2.60. The molecule has 0 saturated heterocycles. The van der Waals surface area contributed by atoms with Gasteiger partial charge in [-0.1, -0.05) is 18.2 Å². The molecular formula is C18H16FN3O. The van der Waals surface area contributed by atoms with Crippen molar-refractivity contribution in [2.75, 3.05) is 6.54 Å². The molecule has 0 atom stereocenters. The second-order valence-corrected chi connectivity index (χ2v) is 5.80. The van der Waals surface area contributed by atoms with Gasteiger partial charge >= 0.3 is 0 Å². The van der Waals surface area contributed by atoms with Crippen LogP contribution in [0.4, 0.5) is 4.39 Å². The molecule has 0 radical (unpaired) electrons. The number of halogens is 1. The Morgan fingerprint density at radius 2 is 2.00 bits per heavy atom. The number of aromatic nitrogens is 2. The lowest BCUT2D eigenvalue weighted by Crippen LogP contribution is -2.37. The van der Waals surface area contributed by atoms with Crippen molar-refractivity contribution in [1.82, 2.24) is 14.3 Å². The highest BCUT2D eigenvalue weighted by Gasteiger charge is 2.24. The Morgan fingerprint density at radius 3 is 2.83 bits per heavy atom. The van der Waals surface area contributed by atoms with Crippen LogP contribution in [-0.4, -0.2) is 26.7 Å². The van der Waals surface area contributed by atoms with Gasteiger partial charge in [-0.05, 0) is 29.8 Å². The highest BCUT2D eigenvalue weighted by atomic mass is 19.1. The second-order valence-electron chi connectivity index (χ2n) is 5.80. The first kappa shape index (κ1) is 13.9. The summed E-state index contributed by atoms with van der Waals surface area (Å²) in [4.78, 5) is 19.0. The van der Waals surface area contributed by atoms with Gasteiger partial charge < -0.3 is 9.30 Å². The van der Waals surface area contributed by atoms with Crippen molar-refractivity contribution >= 4 is 11.6 Å². The van der Waals surface area contributed by atoms with Gasteiger partial charge in [-0.15, -0.1) is 0 Å². The van der Waals surface area contributed by atoms with Gasteiger partial charge in [0, 0.05) is 19.2 Å². The number of hydrogen-bond acceptors (Lipinski definition) is 2. The molecule has 2 aromatic heterocycles. The topological polar surface area (TPSA) is 37.6 Å². The van der Waals surface area contributed by atoms with E-state index in [0.717, 1.165) is 29.0 Å². The third-order valence-corrected chi connectivity index (χ3v) is 4.29. The van der Waals surface area contributed by atoms with Gasteiger partial charge in [0.05, 0.1) is 24.4 Å². The Bertz CT molecular complexity index is 870. The number of rotatable bonds is 2. The molecule has 5 heteroatoms. The highest BCUT2D eigenvalue weighted by Crippen LogP contribution is 2.21. The molecule has 4 nitrogen and oxygen atoms in total. The molecule has 1 aliphatic rings. The molecule has 1 aliphatic heterocycles. The van der Waals surface area contributed by atoms with Crippen LogP contribution in [0.3, 0.4) is 0 Å². The van der Waals surface area contributed by atoms with Crippen LogP contribution in [0.5, 0.6) is 0 Å². The molecule has 1 aromatic carbocycles. The molecule has 23 heavy (non-hydrogen) atoms. The van der Waals surface area contributed by atoms with Gasteiger partial charge in [0.1, 0.15) is 11.5 Å². The van der Waals surface area contributed by atoms with Crippen LogP contribution in [0.25, 0.3) is 5.65 Å². The van der Waals surface area contributed by atoms with Gasteiger partial charge in [0.15, 0.2) is 0 Å². The summed E-state index contributed by atoms with van der Waals surface area (Å²) in [6, 6.07) is 12.0. The summed E-state index contributed by atoms with van der Waals surface area (Å²) in [5.41, 5.74) is 3.91. The van der Waals surface area contributed by atoms with Crippen LogP contribution >= 0.6 is 0 Å². The van der Waals surface area contributed by atoms with E-state index in [-0.39, 0.29) is 11.7 Å². The second kappa shape index (κ2) is 5.50. The zero-order valence-corrected chi connectivity index (χ0v) is 12.6. The normalized spacial score (nSPS) is 14.0. The average molecular weight is 309 g/mol. The van der Waals surface area contributed by atoms with Crippen molar-refractivity contribution in [3.8, 4) is 0 Å². The summed E-state index contributed by atoms with van der Waals surface area (Å²) < 4.78 is 15.0. The zero-order valence-electron chi connectivity index (χ0n) is 12.6. The van der Waals surface area contributed by atoms with Crippen molar-refractivity contribution in [1.29, 1.82) is 0 Å². The summed E-state index contributed by atoms with van der Waals surface area (Å²) in [7, 11) is 0. The van der Waals surface area contributed by atoms with E-state index in [0.29, 0.717) is 19.5 Å². The minimum atomic E-state index is -0.283. The van der Waals surface area contributed by atoms with E-state index < -0.39 is 0 Å². The maximum absolute atomic E-state index is 13.0. The Balaban J connectivity index is 1.55. The van der Waals surface area contributed by atoms with Gasteiger partial charge in [-0.3, -0.25) is 4.79 Å². The van der Waals surface area contributed by atoms with Gasteiger partial charge in [0.25, 0.3) is 0 Å². The Hall–Kier alpha value is -2.69. The van der Waals surface area contributed by atoms with E-state index >= 15 is 0 Å².